The molecule has 0 aliphatic heterocycles. The van der Waals surface area contributed by atoms with Crippen molar-refractivity contribution < 1.29 is 0 Å². The average Bonchev–Trinajstić information content (AvgIpc) is 2.58. The fraction of sp³-hybridized carbons (Fsp3) is 0.111. The number of aryl methyl sites for hydroxylation is 1. The molecule has 2 aromatic rings. The Balaban J connectivity index is 2.43. The van der Waals surface area contributed by atoms with Crippen molar-refractivity contribution in [1.29, 1.82) is 0 Å². The molecule has 0 unspecified atom stereocenters. The van der Waals surface area contributed by atoms with Crippen LogP contribution in [0, 0.1) is 6.92 Å². The van der Waals surface area contributed by atoms with E-state index in [1.54, 1.807) is 11.3 Å². The van der Waals surface area contributed by atoms with E-state index in [1.807, 2.05) is 19.1 Å². The van der Waals surface area contributed by atoms with Gasteiger partial charge in [0, 0.05) is 5.69 Å². The van der Waals surface area contributed by atoms with Gasteiger partial charge in [-0.3, -0.25) is 0 Å². The summed E-state index contributed by atoms with van der Waals surface area (Å²) in [5, 5.41) is 0. The van der Waals surface area contributed by atoms with Gasteiger partial charge in [-0.25, -0.2) is 0 Å². The molecule has 2 rings (SSSR count). The first-order valence-corrected chi connectivity index (χ1v) is 4.86. The summed E-state index contributed by atoms with van der Waals surface area (Å²) in [5.41, 5.74) is 2.32. The molecule has 0 bridgehead atoms. The highest BCUT2D eigenvalue weighted by molar-refractivity contribution is 7.19. The lowest BCUT2D eigenvalue weighted by Gasteiger charge is -1.89. The first-order valence-electron chi connectivity index (χ1n) is 3.67. The number of hydrogen-bond acceptors (Lipinski definition) is 1. The van der Waals surface area contributed by atoms with E-state index in [4.69, 9.17) is 11.6 Å². The Kier molecular flexibility index (Phi) is 1.95. The van der Waals surface area contributed by atoms with Crippen molar-refractivity contribution in [3.05, 3.63) is 34.3 Å². The Morgan fingerprint density at radius 2 is 2.08 bits per heavy atom. The zero-order chi connectivity index (χ0) is 8.55. The molecule has 0 spiro atoms. The first-order chi connectivity index (χ1) is 5.75. The van der Waals surface area contributed by atoms with Crippen molar-refractivity contribution in [2.24, 2.45) is 0 Å². The Bertz CT molecular complexity index is 350. The summed E-state index contributed by atoms with van der Waals surface area (Å²) in [5.74, 6) is 0. The first kappa shape index (κ1) is 7.90. The third kappa shape index (κ3) is 1.40. The summed E-state index contributed by atoms with van der Waals surface area (Å²) in [6.45, 7) is 2.04. The summed E-state index contributed by atoms with van der Waals surface area (Å²) in [6, 6.07) is 8.07. The van der Waals surface area contributed by atoms with Gasteiger partial charge < -0.3 is 4.98 Å². The predicted molar refractivity (Wildman–Crippen MR) is 53.9 cm³/mol. The molecular formula is C9H8ClNS. The maximum Gasteiger partial charge on any atom is 0.0935 e. The van der Waals surface area contributed by atoms with Crippen molar-refractivity contribution in [2.75, 3.05) is 0 Å². The summed E-state index contributed by atoms with van der Waals surface area (Å²) in [7, 11) is 0. The second kappa shape index (κ2) is 2.96. The molecule has 3 heteroatoms. The SMILES string of the molecule is Cc1ccc(-c2ccc(Cl)s2)[nH]1. The topological polar surface area (TPSA) is 15.8 Å². The van der Waals surface area contributed by atoms with Crippen LogP contribution in [0.5, 0.6) is 0 Å². The molecule has 2 aromatic heterocycles. The van der Waals surface area contributed by atoms with E-state index in [0.29, 0.717) is 0 Å². The van der Waals surface area contributed by atoms with Crippen molar-refractivity contribution >= 4 is 22.9 Å². The normalized spacial score (nSPS) is 10.5. The Morgan fingerprint density at radius 1 is 1.25 bits per heavy atom. The molecule has 2 heterocycles. The lowest BCUT2D eigenvalue weighted by Crippen LogP contribution is -1.70. The number of halogens is 1. The summed E-state index contributed by atoms with van der Waals surface area (Å²) in [6.07, 6.45) is 0. The van der Waals surface area contributed by atoms with E-state index in [0.717, 1.165) is 10.0 Å². The van der Waals surface area contributed by atoms with E-state index in [1.165, 1.54) is 10.6 Å². The Hall–Kier alpha value is -0.730. The number of aromatic amines is 1. The lowest BCUT2D eigenvalue weighted by atomic mass is 10.3. The smallest absolute Gasteiger partial charge is 0.0935 e. The lowest BCUT2D eigenvalue weighted by molar-refractivity contribution is 1.27. The summed E-state index contributed by atoms with van der Waals surface area (Å²) in [4.78, 5) is 4.45. The van der Waals surface area contributed by atoms with Gasteiger partial charge in [-0.2, -0.15) is 0 Å². The van der Waals surface area contributed by atoms with E-state index in [-0.39, 0.29) is 0 Å². The summed E-state index contributed by atoms with van der Waals surface area (Å²) < 4.78 is 0.831. The van der Waals surface area contributed by atoms with E-state index in [9.17, 15) is 0 Å². The maximum absolute atomic E-state index is 5.82. The van der Waals surface area contributed by atoms with Gasteiger partial charge in [0.15, 0.2) is 0 Å². The second-order valence-corrected chi connectivity index (χ2v) is 4.37. The predicted octanol–water partition coefficient (Wildman–Crippen LogP) is 3.71. The van der Waals surface area contributed by atoms with Crippen LogP contribution in [0.15, 0.2) is 24.3 Å². The largest absolute Gasteiger partial charge is 0.358 e. The van der Waals surface area contributed by atoms with Gasteiger partial charge in [0.05, 0.1) is 14.9 Å². The number of H-pyrrole nitrogens is 1. The molecule has 0 saturated heterocycles. The number of aromatic nitrogens is 1. The zero-order valence-corrected chi connectivity index (χ0v) is 8.17. The number of hydrogen-bond donors (Lipinski definition) is 1. The Morgan fingerprint density at radius 3 is 2.58 bits per heavy atom. The third-order valence-electron chi connectivity index (χ3n) is 1.67. The van der Waals surface area contributed by atoms with Crippen molar-refractivity contribution in [1.82, 2.24) is 4.98 Å². The van der Waals surface area contributed by atoms with Gasteiger partial charge >= 0.3 is 0 Å². The number of thiophene rings is 1. The standard InChI is InChI=1S/C9H8ClNS/c1-6-2-3-7(11-6)8-4-5-9(10)12-8/h2-5,11H,1H3. The minimum absolute atomic E-state index is 0.831. The zero-order valence-electron chi connectivity index (χ0n) is 6.60. The monoisotopic (exact) mass is 197 g/mol. The molecule has 12 heavy (non-hydrogen) atoms. The van der Waals surface area contributed by atoms with Crippen LogP contribution in [-0.2, 0) is 0 Å². The maximum atomic E-state index is 5.82. The van der Waals surface area contributed by atoms with Gasteiger partial charge in [-0.05, 0) is 31.2 Å². The van der Waals surface area contributed by atoms with Crippen LogP contribution in [0.1, 0.15) is 5.69 Å². The quantitative estimate of drug-likeness (QED) is 0.718. The molecule has 1 N–H and O–H groups in total. The summed E-state index contributed by atoms with van der Waals surface area (Å²) >= 11 is 7.41. The molecule has 1 nitrogen and oxygen atoms in total. The van der Waals surface area contributed by atoms with Crippen LogP contribution in [0.25, 0.3) is 10.6 Å². The molecule has 0 atom stereocenters. The molecule has 62 valence electrons. The van der Waals surface area contributed by atoms with Gasteiger partial charge in [0.2, 0.25) is 0 Å². The van der Waals surface area contributed by atoms with Crippen molar-refractivity contribution in [2.45, 2.75) is 6.92 Å². The van der Waals surface area contributed by atoms with Crippen molar-refractivity contribution in [3.63, 3.8) is 0 Å². The number of nitrogens with one attached hydrogen (secondary N) is 1. The number of rotatable bonds is 1. The molecule has 0 aliphatic rings. The van der Waals surface area contributed by atoms with Gasteiger partial charge in [-0.1, -0.05) is 11.6 Å². The molecule has 0 radical (unpaired) electrons. The van der Waals surface area contributed by atoms with Gasteiger partial charge in [0.1, 0.15) is 0 Å². The molecule has 0 fully saturated rings. The van der Waals surface area contributed by atoms with E-state index >= 15 is 0 Å². The third-order valence-corrected chi connectivity index (χ3v) is 2.93. The van der Waals surface area contributed by atoms with Gasteiger partial charge in [0.25, 0.3) is 0 Å². The molecule has 0 amide bonds. The van der Waals surface area contributed by atoms with E-state index < -0.39 is 0 Å². The second-order valence-electron chi connectivity index (χ2n) is 2.66. The highest BCUT2D eigenvalue weighted by atomic mass is 35.5. The molecule has 0 aliphatic carbocycles. The minimum Gasteiger partial charge on any atom is -0.358 e. The van der Waals surface area contributed by atoms with Gasteiger partial charge in [-0.15, -0.1) is 11.3 Å². The fourth-order valence-electron chi connectivity index (χ4n) is 1.11. The molecule has 0 saturated carbocycles. The van der Waals surface area contributed by atoms with Crippen molar-refractivity contribution in [3.8, 4) is 10.6 Å². The highest BCUT2D eigenvalue weighted by Gasteiger charge is 2.01. The minimum atomic E-state index is 0.831. The van der Waals surface area contributed by atoms with Crippen LogP contribution in [0.3, 0.4) is 0 Å². The average molecular weight is 198 g/mol. The van der Waals surface area contributed by atoms with E-state index in [2.05, 4.69) is 17.1 Å². The van der Waals surface area contributed by atoms with Crippen LogP contribution in [-0.4, -0.2) is 4.98 Å². The van der Waals surface area contributed by atoms with Crippen LogP contribution < -0.4 is 0 Å². The fourth-order valence-corrected chi connectivity index (χ4v) is 2.13. The van der Waals surface area contributed by atoms with Crippen LogP contribution in [0.4, 0.5) is 0 Å². The molecular weight excluding hydrogens is 190 g/mol. The molecule has 0 aromatic carbocycles. The Labute approximate surface area is 80.0 Å². The van der Waals surface area contributed by atoms with Crippen LogP contribution in [0.2, 0.25) is 4.34 Å². The van der Waals surface area contributed by atoms with Crippen LogP contribution >= 0.6 is 22.9 Å². The highest BCUT2D eigenvalue weighted by Crippen LogP contribution is 2.29.